The van der Waals surface area contributed by atoms with E-state index < -0.39 is 10.0 Å². The van der Waals surface area contributed by atoms with E-state index in [0.29, 0.717) is 23.7 Å². The van der Waals surface area contributed by atoms with E-state index in [1.54, 1.807) is 24.3 Å². The normalized spacial score (nSPS) is 14.0. The van der Waals surface area contributed by atoms with Gasteiger partial charge < -0.3 is 10.1 Å². The van der Waals surface area contributed by atoms with Crippen LogP contribution in [0.1, 0.15) is 24.0 Å². The summed E-state index contributed by atoms with van der Waals surface area (Å²) < 4.78 is 31.7. The van der Waals surface area contributed by atoms with Gasteiger partial charge in [-0.15, -0.1) is 0 Å². The van der Waals surface area contributed by atoms with Gasteiger partial charge in [0, 0.05) is 13.1 Å². The molecule has 35 heavy (non-hydrogen) atoms. The van der Waals surface area contributed by atoms with E-state index in [0.717, 1.165) is 35.8 Å². The molecule has 0 unspecified atom stereocenters. The molecular formula is C27H31N3O4S. The number of rotatable bonds is 10. The summed E-state index contributed by atoms with van der Waals surface area (Å²) in [6.07, 6.45) is 3.58. The first-order chi connectivity index (χ1) is 16.9. The quantitative estimate of drug-likeness (QED) is 0.459. The lowest BCUT2D eigenvalue weighted by Crippen LogP contribution is -2.40. The number of sulfonamides is 1. The number of para-hydroxylation sites is 1. The Morgan fingerprint density at radius 2 is 1.57 bits per heavy atom. The molecule has 0 aliphatic carbocycles. The second-order valence-corrected chi connectivity index (χ2v) is 10.7. The molecule has 0 spiro atoms. The summed E-state index contributed by atoms with van der Waals surface area (Å²) in [6, 6.07) is 24.1. The standard InChI is InChI=1S/C27H31N3O4S/c1-35(32,33)30(24-12-14-26(15-13-24)34-25-10-3-2-4-11-25)21-27(31)28-19-22-8-7-9-23(18-22)20-29-16-5-6-17-29/h2-4,7-15,18H,5-6,16-17,19-21H2,1H3,(H,28,31). The molecule has 7 nitrogen and oxygen atoms in total. The number of carbonyl (C=O) groups is 1. The van der Waals surface area contributed by atoms with Crippen LogP contribution in [0.4, 0.5) is 5.69 Å². The third-order valence-electron chi connectivity index (χ3n) is 5.88. The van der Waals surface area contributed by atoms with Crippen LogP contribution in [0, 0.1) is 0 Å². The molecule has 1 saturated heterocycles. The van der Waals surface area contributed by atoms with E-state index in [9.17, 15) is 13.2 Å². The number of nitrogens with zero attached hydrogens (tertiary/aromatic N) is 2. The van der Waals surface area contributed by atoms with Crippen molar-refractivity contribution in [1.82, 2.24) is 10.2 Å². The summed E-state index contributed by atoms with van der Waals surface area (Å²) >= 11 is 0. The Morgan fingerprint density at radius 3 is 2.26 bits per heavy atom. The van der Waals surface area contributed by atoms with Crippen molar-refractivity contribution in [2.24, 2.45) is 0 Å². The van der Waals surface area contributed by atoms with Crippen molar-refractivity contribution in [3.8, 4) is 11.5 Å². The molecule has 0 atom stereocenters. The molecule has 8 heteroatoms. The number of ether oxygens (including phenoxy) is 1. The lowest BCUT2D eigenvalue weighted by molar-refractivity contribution is -0.119. The van der Waals surface area contributed by atoms with E-state index in [4.69, 9.17) is 4.74 Å². The lowest BCUT2D eigenvalue weighted by Gasteiger charge is -2.22. The number of hydrogen-bond donors (Lipinski definition) is 1. The Labute approximate surface area is 207 Å². The minimum Gasteiger partial charge on any atom is -0.457 e. The van der Waals surface area contributed by atoms with Crippen LogP contribution < -0.4 is 14.4 Å². The molecule has 4 rings (SSSR count). The number of carbonyl (C=O) groups excluding carboxylic acids is 1. The molecule has 0 bridgehead atoms. The Balaban J connectivity index is 1.36. The molecule has 184 valence electrons. The fourth-order valence-electron chi connectivity index (χ4n) is 4.13. The molecule has 0 aromatic heterocycles. The maximum absolute atomic E-state index is 12.7. The van der Waals surface area contributed by atoms with Crippen molar-refractivity contribution >= 4 is 21.6 Å². The number of likely N-dealkylation sites (tertiary alicyclic amines) is 1. The van der Waals surface area contributed by atoms with Gasteiger partial charge in [0.2, 0.25) is 15.9 Å². The Bertz CT molecular complexity index is 1220. The second kappa shape index (κ2) is 11.4. The van der Waals surface area contributed by atoms with Crippen LogP contribution in [-0.2, 0) is 27.9 Å². The van der Waals surface area contributed by atoms with Crippen molar-refractivity contribution < 1.29 is 17.9 Å². The Kier molecular flexibility index (Phi) is 8.05. The van der Waals surface area contributed by atoms with Crippen LogP contribution in [0.15, 0.2) is 78.9 Å². The van der Waals surface area contributed by atoms with E-state index in [2.05, 4.69) is 22.3 Å². The molecule has 0 radical (unpaired) electrons. The highest BCUT2D eigenvalue weighted by Gasteiger charge is 2.21. The van der Waals surface area contributed by atoms with Crippen LogP contribution in [-0.4, -0.2) is 45.1 Å². The first-order valence-corrected chi connectivity index (χ1v) is 13.6. The molecule has 1 aliphatic rings. The number of benzene rings is 3. The zero-order valence-corrected chi connectivity index (χ0v) is 20.7. The fourth-order valence-corrected chi connectivity index (χ4v) is 4.99. The SMILES string of the molecule is CS(=O)(=O)N(CC(=O)NCc1cccc(CN2CCCC2)c1)c1ccc(Oc2ccccc2)cc1. The van der Waals surface area contributed by atoms with E-state index in [1.807, 2.05) is 42.5 Å². The first-order valence-electron chi connectivity index (χ1n) is 11.7. The molecule has 0 saturated carbocycles. The third kappa shape index (κ3) is 7.31. The second-order valence-electron chi connectivity index (χ2n) is 8.76. The maximum atomic E-state index is 12.7. The predicted octanol–water partition coefficient (Wildman–Crippen LogP) is 4.16. The summed E-state index contributed by atoms with van der Waals surface area (Å²) in [5.74, 6) is 0.890. The number of hydrogen-bond acceptors (Lipinski definition) is 5. The van der Waals surface area contributed by atoms with E-state index in [1.165, 1.54) is 18.4 Å². The average Bonchev–Trinajstić information content (AvgIpc) is 3.35. The van der Waals surface area contributed by atoms with Gasteiger partial charge in [-0.25, -0.2) is 8.42 Å². The van der Waals surface area contributed by atoms with E-state index in [-0.39, 0.29) is 12.5 Å². The topological polar surface area (TPSA) is 79.0 Å². The summed E-state index contributed by atoms with van der Waals surface area (Å²) in [5.41, 5.74) is 2.60. The van der Waals surface area contributed by atoms with Gasteiger partial charge in [0.1, 0.15) is 18.0 Å². The molecule has 1 N–H and O–H groups in total. The first kappa shape index (κ1) is 24.8. The average molecular weight is 494 g/mol. The van der Waals surface area contributed by atoms with Gasteiger partial charge in [-0.1, -0.05) is 42.5 Å². The molecule has 3 aromatic rings. The highest BCUT2D eigenvalue weighted by Crippen LogP contribution is 2.25. The number of nitrogens with one attached hydrogen (secondary N) is 1. The van der Waals surface area contributed by atoms with Gasteiger partial charge >= 0.3 is 0 Å². The van der Waals surface area contributed by atoms with Crippen LogP contribution in [0.3, 0.4) is 0 Å². The van der Waals surface area contributed by atoms with Crippen molar-refractivity contribution in [2.45, 2.75) is 25.9 Å². The molecular weight excluding hydrogens is 462 g/mol. The lowest BCUT2D eigenvalue weighted by atomic mass is 10.1. The Hall–Kier alpha value is -3.36. The van der Waals surface area contributed by atoms with E-state index >= 15 is 0 Å². The highest BCUT2D eigenvalue weighted by molar-refractivity contribution is 7.92. The van der Waals surface area contributed by atoms with Crippen LogP contribution in [0.5, 0.6) is 11.5 Å². The summed E-state index contributed by atoms with van der Waals surface area (Å²) in [6.45, 7) is 3.20. The van der Waals surface area contributed by atoms with Crippen LogP contribution >= 0.6 is 0 Å². The number of anilines is 1. The highest BCUT2D eigenvalue weighted by atomic mass is 32.2. The summed E-state index contributed by atoms with van der Waals surface area (Å²) in [4.78, 5) is 15.1. The minimum absolute atomic E-state index is 0.300. The summed E-state index contributed by atoms with van der Waals surface area (Å²) in [5, 5.41) is 2.85. The van der Waals surface area contributed by atoms with Gasteiger partial charge in [-0.05, 0) is 73.5 Å². The molecule has 1 fully saturated rings. The number of amides is 1. The van der Waals surface area contributed by atoms with Gasteiger partial charge in [0.05, 0.1) is 11.9 Å². The smallest absolute Gasteiger partial charge is 0.241 e. The van der Waals surface area contributed by atoms with Crippen LogP contribution in [0.25, 0.3) is 0 Å². The predicted molar refractivity (Wildman–Crippen MR) is 138 cm³/mol. The largest absolute Gasteiger partial charge is 0.457 e. The summed E-state index contributed by atoms with van der Waals surface area (Å²) in [7, 11) is -3.66. The van der Waals surface area contributed by atoms with Gasteiger partial charge in [0.15, 0.2) is 0 Å². The maximum Gasteiger partial charge on any atom is 0.241 e. The molecule has 1 heterocycles. The fraction of sp³-hybridized carbons (Fsp3) is 0.296. The van der Waals surface area contributed by atoms with Crippen molar-refractivity contribution in [3.63, 3.8) is 0 Å². The van der Waals surface area contributed by atoms with Crippen molar-refractivity contribution in [3.05, 3.63) is 90.0 Å². The van der Waals surface area contributed by atoms with Gasteiger partial charge in [0.25, 0.3) is 0 Å². The molecule has 1 amide bonds. The zero-order valence-electron chi connectivity index (χ0n) is 19.9. The van der Waals surface area contributed by atoms with Gasteiger partial charge in [-0.3, -0.25) is 14.0 Å². The molecule has 3 aromatic carbocycles. The zero-order chi connectivity index (χ0) is 24.7. The van der Waals surface area contributed by atoms with Crippen molar-refractivity contribution in [2.75, 3.05) is 30.2 Å². The van der Waals surface area contributed by atoms with Gasteiger partial charge in [-0.2, -0.15) is 0 Å². The minimum atomic E-state index is -3.66. The van der Waals surface area contributed by atoms with Crippen molar-refractivity contribution in [1.29, 1.82) is 0 Å². The third-order valence-corrected chi connectivity index (χ3v) is 7.02. The Morgan fingerprint density at radius 1 is 0.914 bits per heavy atom. The molecule has 1 aliphatic heterocycles. The van der Waals surface area contributed by atoms with Crippen LogP contribution in [0.2, 0.25) is 0 Å². The monoisotopic (exact) mass is 493 g/mol.